The molecule has 1 aromatic rings. The molecule has 0 aliphatic carbocycles. The van der Waals surface area contributed by atoms with E-state index in [2.05, 4.69) is 25.8 Å². The number of nitro groups is 1. The molecular weight excluding hydrogens is 258 g/mol. The predicted octanol–water partition coefficient (Wildman–Crippen LogP) is 0.727. The molecule has 1 rings (SSSR count). The Morgan fingerprint density at radius 1 is 1.86 bits per heavy atom. The fraction of sp³-hybridized carbons (Fsp3) is 0.333. The molecule has 76 valence electrons. The molecule has 0 N–H and O–H groups in total. The summed E-state index contributed by atoms with van der Waals surface area (Å²) in [7, 11) is 1.23. The summed E-state index contributed by atoms with van der Waals surface area (Å²) in [6.07, 6.45) is 1.34. The molecule has 0 aromatic carbocycles. The van der Waals surface area contributed by atoms with Crippen molar-refractivity contribution >= 4 is 27.7 Å². The fourth-order valence-electron chi connectivity index (χ4n) is 0.788. The highest BCUT2D eigenvalue weighted by molar-refractivity contribution is 9.10. The molecule has 0 saturated heterocycles. The number of esters is 1. The van der Waals surface area contributed by atoms with Crippen LogP contribution in [0, 0.1) is 10.1 Å². The first-order valence-electron chi connectivity index (χ1n) is 3.48. The van der Waals surface area contributed by atoms with Gasteiger partial charge in [0.2, 0.25) is 0 Å². The van der Waals surface area contributed by atoms with Gasteiger partial charge in [-0.2, -0.15) is 4.68 Å². The minimum absolute atomic E-state index is 0.150. The SMILES string of the molecule is COC(=O)Cn1cc(Br)c([N+](=O)[O-])n1. The minimum Gasteiger partial charge on any atom is -0.468 e. The number of carbonyl (C=O) groups is 1. The normalized spacial score (nSPS) is 9.86. The Bertz CT molecular complexity index is 375. The van der Waals surface area contributed by atoms with Gasteiger partial charge in [-0.05, 0) is 20.9 Å². The summed E-state index contributed by atoms with van der Waals surface area (Å²) >= 11 is 2.95. The van der Waals surface area contributed by atoms with Gasteiger partial charge < -0.3 is 14.9 Å². The summed E-state index contributed by atoms with van der Waals surface area (Å²) in [4.78, 5) is 20.5. The van der Waals surface area contributed by atoms with Gasteiger partial charge in [0.1, 0.15) is 4.47 Å². The summed E-state index contributed by atoms with van der Waals surface area (Å²) in [6, 6.07) is 0. The van der Waals surface area contributed by atoms with Gasteiger partial charge in [0.25, 0.3) is 0 Å². The summed E-state index contributed by atoms with van der Waals surface area (Å²) in [6.45, 7) is -0.150. The van der Waals surface area contributed by atoms with Crippen LogP contribution in [0.2, 0.25) is 0 Å². The number of halogens is 1. The molecule has 14 heavy (non-hydrogen) atoms. The average molecular weight is 264 g/mol. The molecule has 0 atom stereocenters. The van der Waals surface area contributed by atoms with Crippen LogP contribution in [0.4, 0.5) is 5.82 Å². The van der Waals surface area contributed by atoms with Crippen molar-refractivity contribution < 1.29 is 14.5 Å². The molecule has 0 unspecified atom stereocenters. The van der Waals surface area contributed by atoms with Crippen molar-refractivity contribution in [2.75, 3.05) is 7.11 Å². The van der Waals surface area contributed by atoms with Crippen LogP contribution in [0.3, 0.4) is 0 Å². The number of rotatable bonds is 3. The van der Waals surface area contributed by atoms with Crippen molar-refractivity contribution in [1.29, 1.82) is 0 Å². The Kier molecular flexibility index (Phi) is 3.18. The van der Waals surface area contributed by atoms with Crippen molar-refractivity contribution in [3.8, 4) is 0 Å². The average Bonchev–Trinajstić information content (AvgIpc) is 2.46. The van der Waals surface area contributed by atoms with E-state index in [9.17, 15) is 14.9 Å². The van der Waals surface area contributed by atoms with Crippen LogP contribution < -0.4 is 0 Å². The van der Waals surface area contributed by atoms with Crippen LogP contribution in [0.1, 0.15) is 0 Å². The number of ether oxygens (including phenoxy) is 1. The zero-order valence-electron chi connectivity index (χ0n) is 7.14. The van der Waals surface area contributed by atoms with Crippen molar-refractivity contribution in [3.63, 3.8) is 0 Å². The second kappa shape index (κ2) is 4.18. The smallest absolute Gasteiger partial charge is 0.404 e. The molecule has 1 aromatic heterocycles. The molecule has 1 heterocycles. The maximum atomic E-state index is 10.8. The number of hydrogen-bond donors (Lipinski definition) is 0. The molecule has 0 radical (unpaired) electrons. The van der Waals surface area contributed by atoms with E-state index in [0.29, 0.717) is 0 Å². The van der Waals surface area contributed by atoms with Crippen LogP contribution in [0.25, 0.3) is 0 Å². The van der Waals surface area contributed by atoms with E-state index in [1.165, 1.54) is 13.3 Å². The highest BCUT2D eigenvalue weighted by atomic mass is 79.9. The predicted molar refractivity (Wildman–Crippen MR) is 48.6 cm³/mol. The molecule has 0 fully saturated rings. The zero-order valence-corrected chi connectivity index (χ0v) is 8.72. The first-order valence-corrected chi connectivity index (χ1v) is 4.28. The Morgan fingerprint density at radius 3 is 2.93 bits per heavy atom. The van der Waals surface area contributed by atoms with Crippen LogP contribution in [0.5, 0.6) is 0 Å². The summed E-state index contributed by atoms with van der Waals surface area (Å²) < 4.78 is 5.74. The number of hydrogen-bond acceptors (Lipinski definition) is 5. The largest absolute Gasteiger partial charge is 0.468 e. The minimum atomic E-state index is -0.641. The number of methoxy groups -OCH3 is 1. The Balaban J connectivity index is 2.86. The highest BCUT2D eigenvalue weighted by Crippen LogP contribution is 2.21. The van der Waals surface area contributed by atoms with Crippen molar-refractivity contribution in [2.24, 2.45) is 0 Å². The van der Waals surface area contributed by atoms with Gasteiger partial charge in [-0.1, -0.05) is 0 Å². The quantitative estimate of drug-likeness (QED) is 0.456. The van der Waals surface area contributed by atoms with E-state index in [4.69, 9.17) is 0 Å². The van der Waals surface area contributed by atoms with Gasteiger partial charge in [0.05, 0.1) is 18.4 Å². The number of carbonyl (C=O) groups excluding carboxylic acids is 1. The van der Waals surface area contributed by atoms with Crippen LogP contribution in [-0.2, 0) is 16.1 Å². The molecule has 0 aliphatic rings. The van der Waals surface area contributed by atoms with Gasteiger partial charge in [-0.3, -0.25) is 0 Å². The fourth-order valence-corrected chi connectivity index (χ4v) is 1.25. The molecule has 7 nitrogen and oxygen atoms in total. The maximum Gasteiger partial charge on any atom is 0.404 e. The topological polar surface area (TPSA) is 87.3 Å². The highest BCUT2D eigenvalue weighted by Gasteiger charge is 2.19. The second-order valence-electron chi connectivity index (χ2n) is 2.33. The van der Waals surface area contributed by atoms with E-state index >= 15 is 0 Å². The maximum absolute atomic E-state index is 10.8. The lowest BCUT2D eigenvalue weighted by molar-refractivity contribution is -0.390. The van der Waals surface area contributed by atoms with Crippen LogP contribution in [0.15, 0.2) is 10.7 Å². The van der Waals surface area contributed by atoms with Gasteiger partial charge in [-0.25, -0.2) is 4.79 Å². The van der Waals surface area contributed by atoms with Crippen molar-refractivity contribution in [2.45, 2.75) is 6.54 Å². The Labute approximate surface area is 86.9 Å². The number of nitrogens with zero attached hydrogens (tertiary/aromatic N) is 3. The third-order valence-corrected chi connectivity index (χ3v) is 1.95. The van der Waals surface area contributed by atoms with E-state index in [0.717, 1.165) is 4.68 Å². The first-order chi connectivity index (χ1) is 6.54. The van der Waals surface area contributed by atoms with Gasteiger partial charge in [0.15, 0.2) is 6.54 Å². The summed E-state index contributed by atoms with van der Waals surface area (Å²) in [5, 5.41) is 13.9. The molecule has 8 heteroatoms. The molecule has 0 spiro atoms. The van der Waals surface area contributed by atoms with E-state index in [1.807, 2.05) is 0 Å². The van der Waals surface area contributed by atoms with Crippen LogP contribution in [-0.4, -0.2) is 27.8 Å². The van der Waals surface area contributed by atoms with E-state index in [1.54, 1.807) is 0 Å². The lowest BCUT2D eigenvalue weighted by Gasteiger charge is -1.93. The van der Waals surface area contributed by atoms with Crippen LogP contribution >= 0.6 is 15.9 Å². The monoisotopic (exact) mass is 263 g/mol. The third-order valence-electron chi connectivity index (χ3n) is 1.39. The molecule has 0 saturated carbocycles. The van der Waals surface area contributed by atoms with Gasteiger partial charge in [-0.15, -0.1) is 0 Å². The van der Waals surface area contributed by atoms with E-state index < -0.39 is 10.9 Å². The second-order valence-corrected chi connectivity index (χ2v) is 3.19. The lowest BCUT2D eigenvalue weighted by Crippen LogP contribution is -2.11. The Hall–Kier alpha value is -1.44. The van der Waals surface area contributed by atoms with E-state index in [-0.39, 0.29) is 16.8 Å². The zero-order chi connectivity index (χ0) is 10.7. The van der Waals surface area contributed by atoms with Gasteiger partial charge >= 0.3 is 11.8 Å². The molecule has 0 bridgehead atoms. The van der Waals surface area contributed by atoms with Gasteiger partial charge in [0, 0.05) is 0 Å². The lowest BCUT2D eigenvalue weighted by atomic mass is 10.6. The standard InChI is InChI=1S/C6H6BrN3O4/c1-14-5(11)3-9-2-4(7)6(8-9)10(12)13/h2H,3H2,1H3. The summed E-state index contributed by atoms with van der Waals surface area (Å²) in [5.74, 6) is -0.844. The Morgan fingerprint density at radius 2 is 2.50 bits per heavy atom. The molecule has 0 aliphatic heterocycles. The van der Waals surface area contributed by atoms with Crippen molar-refractivity contribution in [3.05, 3.63) is 20.8 Å². The molecular formula is C6H6BrN3O4. The summed E-state index contributed by atoms with van der Waals surface area (Å²) in [5.41, 5.74) is 0. The third kappa shape index (κ3) is 2.28. The van der Waals surface area contributed by atoms with Crippen molar-refractivity contribution in [1.82, 2.24) is 9.78 Å². The molecule has 0 amide bonds. The first kappa shape index (κ1) is 10.6. The number of aromatic nitrogens is 2.